The SMILES string of the molecule is Ic1ccccc1.O=c1[nH]c2ccccc2c2c3cc(-c4ccc5c(c4)c4ccccc4n5-c4ccccc4)ccc3n(-c3nc(-c4ccccc4)nc(-c4ccccc4)n3)c12.O=c1c2c(c3ccccc3n1-c1ccccc1)c1cc(-c3ccc4c(c3)c3ccccc3n4-c3ccccc3)ccc1n2-c1nc(-c2ccccc2)nc(-c2ccccc2)n1. The van der Waals surface area contributed by atoms with Crippen LogP contribution in [0.5, 0.6) is 0 Å². The molecular formula is C108H69IN12O2. The lowest BCUT2D eigenvalue weighted by Crippen LogP contribution is -2.21. The van der Waals surface area contributed by atoms with Crippen LogP contribution in [0.3, 0.4) is 0 Å². The molecule has 24 aromatic rings. The molecule has 0 saturated heterocycles. The van der Waals surface area contributed by atoms with Crippen molar-refractivity contribution in [1.82, 2.24) is 57.7 Å². The monoisotopic (exact) mass is 1690 g/mol. The fraction of sp³-hybridized carbons (Fsp3) is 0. The van der Waals surface area contributed by atoms with Gasteiger partial charge in [-0.2, -0.15) is 19.9 Å². The summed E-state index contributed by atoms with van der Waals surface area (Å²) in [5, 5.41) is 10.2. The first-order chi connectivity index (χ1) is 60.8. The number of nitrogens with zero attached hydrogens (tertiary/aromatic N) is 11. The number of halogens is 1. The molecule has 8 aromatic heterocycles. The third-order valence-electron chi connectivity index (χ3n) is 23.0. The minimum atomic E-state index is -0.218. The van der Waals surface area contributed by atoms with E-state index in [4.69, 9.17) is 29.9 Å². The van der Waals surface area contributed by atoms with Crippen molar-refractivity contribution >= 4 is 132 Å². The normalized spacial score (nSPS) is 11.5. The number of rotatable bonds is 11. The quantitative estimate of drug-likeness (QED) is 0.126. The number of benzene rings is 16. The van der Waals surface area contributed by atoms with Crippen LogP contribution in [0.1, 0.15) is 0 Å². The summed E-state index contributed by atoms with van der Waals surface area (Å²) in [7, 11) is 0. The molecule has 0 aliphatic rings. The van der Waals surface area contributed by atoms with E-state index >= 15 is 4.79 Å². The zero-order valence-electron chi connectivity index (χ0n) is 65.9. The zero-order chi connectivity index (χ0) is 82.0. The second-order valence-corrected chi connectivity index (χ2v) is 31.5. The molecule has 0 fully saturated rings. The zero-order valence-corrected chi connectivity index (χ0v) is 68.0. The smallest absolute Gasteiger partial charge is 0.280 e. The van der Waals surface area contributed by atoms with Crippen molar-refractivity contribution in [3.63, 3.8) is 0 Å². The van der Waals surface area contributed by atoms with Crippen LogP contribution in [0.2, 0.25) is 0 Å². The van der Waals surface area contributed by atoms with Crippen molar-refractivity contribution in [2.24, 2.45) is 0 Å². The van der Waals surface area contributed by atoms with Crippen LogP contribution in [-0.4, -0.2) is 57.7 Å². The Labute approximate surface area is 717 Å². The Hall–Kier alpha value is -16.1. The van der Waals surface area contributed by atoms with Crippen molar-refractivity contribution < 1.29 is 0 Å². The van der Waals surface area contributed by atoms with Gasteiger partial charge in [0.15, 0.2) is 23.3 Å². The Morgan fingerprint density at radius 1 is 0.220 bits per heavy atom. The number of aromatic amines is 1. The van der Waals surface area contributed by atoms with E-state index < -0.39 is 0 Å². The molecule has 8 heterocycles. The van der Waals surface area contributed by atoms with Crippen LogP contribution in [-0.2, 0) is 0 Å². The molecule has 14 nitrogen and oxygen atoms in total. The standard InChI is InChI=1S/C54H34N6O.C48H30N6O.C6H5I/c61-53-50-49(42-26-14-16-28-46(42)59(53)40-23-11-4-12-24-40)44-34-38(37-29-31-47-43(33-37)41-25-13-15-27-45(41)58(47)39-21-9-3-10-22-39)30-32-48(44)60(50)54-56-51(35-17-5-1-6-18-35)55-52(57-54)36-19-7-2-8-20-36;55-47-44-43(36-21-10-12-22-39(36)49-47)38-29-33(32-24-26-41-37(28-32)35-20-11-13-23-40(35)53(41)34-18-8-3-9-19-34)25-27-42(38)54(44)48-51-45(30-14-4-1-5-15-30)50-46(52-48)31-16-6-2-7-17-31;7-6-4-2-1-3-5-6/h1-34H;1-29H,(H,49,55);1-5H. The van der Waals surface area contributed by atoms with E-state index in [1.54, 1.807) is 0 Å². The second kappa shape index (κ2) is 31.0. The van der Waals surface area contributed by atoms with Crippen LogP contribution >= 0.6 is 22.6 Å². The van der Waals surface area contributed by atoms with Gasteiger partial charge in [0.1, 0.15) is 11.0 Å². The molecule has 0 aliphatic heterocycles. The molecule has 15 heteroatoms. The van der Waals surface area contributed by atoms with E-state index in [0.717, 1.165) is 138 Å². The van der Waals surface area contributed by atoms with Gasteiger partial charge in [0, 0.05) is 102 Å². The molecule has 0 aliphatic carbocycles. The number of nitrogens with one attached hydrogen (secondary N) is 1. The number of hydrogen-bond donors (Lipinski definition) is 1. The lowest BCUT2D eigenvalue weighted by atomic mass is 9.99. The Bertz CT molecular complexity index is 8230. The predicted octanol–water partition coefficient (Wildman–Crippen LogP) is 25.6. The molecule has 0 unspecified atom stereocenters. The number of para-hydroxylation sites is 7. The lowest BCUT2D eigenvalue weighted by molar-refractivity contribution is 0.941. The third-order valence-corrected chi connectivity index (χ3v) is 23.7. The highest BCUT2D eigenvalue weighted by Gasteiger charge is 2.28. The molecule has 580 valence electrons. The number of fused-ring (bicyclic) bond motifs is 16. The number of aromatic nitrogens is 12. The molecule has 0 atom stereocenters. The molecule has 0 saturated carbocycles. The molecule has 0 amide bonds. The maximum atomic E-state index is 15.4. The summed E-state index contributed by atoms with van der Waals surface area (Å²) in [5.41, 5.74) is 19.1. The van der Waals surface area contributed by atoms with Gasteiger partial charge in [-0.1, -0.05) is 291 Å². The summed E-state index contributed by atoms with van der Waals surface area (Å²) in [6, 6.07) is 140. The number of pyridine rings is 2. The van der Waals surface area contributed by atoms with Gasteiger partial charge in [0.25, 0.3) is 11.1 Å². The number of H-pyrrole nitrogens is 1. The summed E-state index contributed by atoms with van der Waals surface area (Å²) in [4.78, 5) is 63.1. The highest BCUT2D eigenvalue weighted by atomic mass is 127. The Balaban J connectivity index is 0.000000136. The van der Waals surface area contributed by atoms with E-state index in [-0.39, 0.29) is 11.1 Å². The molecule has 123 heavy (non-hydrogen) atoms. The van der Waals surface area contributed by atoms with Crippen molar-refractivity contribution in [1.29, 1.82) is 0 Å². The summed E-state index contributed by atoms with van der Waals surface area (Å²) < 4.78 is 11.6. The minimum Gasteiger partial charge on any atom is -0.320 e. The molecule has 0 bridgehead atoms. The van der Waals surface area contributed by atoms with Crippen LogP contribution in [0.15, 0.2) is 422 Å². The maximum absolute atomic E-state index is 15.4. The van der Waals surface area contributed by atoms with Gasteiger partial charge >= 0.3 is 0 Å². The molecule has 24 rings (SSSR count). The molecule has 0 radical (unpaired) electrons. The van der Waals surface area contributed by atoms with E-state index in [9.17, 15) is 4.79 Å². The summed E-state index contributed by atoms with van der Waals surface area (Å²) >= 11 is 2.28. The first kappa shape index (κ1) is 73.3. The van der Waals surface area contributed by atoms with E-state index in [2.05, 4.69) is 231 Å². The predicted molar refractivity (Wildman–Crippen MR) is 510 cm³/mol. The van der Waals surface area contributed by atoms with Crippen molar-refractivity contribution in [2.75, 3.05) is 0 Å². The van der Waals surface area contributed by atoms with Crippen LogP contribution in [0, 0.1) is 3.57 Å². The minimum absolute atomic E-state index is 0.171. The van der Waals surface area contributed by atoms with Gasteiger partial charge in [0.2, 0.25) is 11.9 Å². The Morgan fingerprint density at radius 2 is 0.504 bits per heavy atom. The highest BCUT2D eigenvalue weighted by molar-refractivity contribution is 14.1. The first-order valence-electron chi connectivity index (χ1n) is 40.7. The Morgan fingerprint density at radius 3 is 0.886 bits per heavy atom. The lowest BCUT2D eigenvalue weighted by Gasteiger charge is -2.14. The average molecular weight is 1690 g/mol. The van der Waals surface area contributed by atoms with Crippen LogP contribution < -0.4 is 11.1 Å². The van der Waals surface area contributed by atoms with Gasteiger partial charge in [-0.05, 0) is 166 Å². The van der Waals surface area contributed by atoms with Gasteiger partial charge in [-0.25, -0.2) is 9.97 Å². The molecular weight excluding hydrogens is 1620 g/mol. The van der Waals surface area contributed by atoms with E-state index in [1.807, 2.05) is 232 Å². The highest BCUT2D eigenvalue weighted by Crippen LogP contribution is 2.44. The fourth-order valence-corrected chi connectivity index (χ4v) is 17.9. The summed E-state index contributed by atoms with van der Waals surface area (Å²) in [6.07, 6.45) is 0. The van der Waals surface area contributed by atoms with Crippen LogP contribution in [0.25, 0.3) is 206 Å². The fourth-order valence-electron chi connectivity index (χ4n) is 17.5. The van der Waals surface area contributed by atoms with E-state index in [0.29, 0.717) is 46.2 Å². The van der Waals surface area contributed by atoms with Gasteiger partial charge in [-0.15, -0.1) is 0 Å². The third kappa shape index (κ3) is 13.1. The molecule has 16 aromatic carbocycles. The maximum Gasteiger partial charge on any atom is 0.280 e. The van der Waals surface area contributed by atoms with Crippen LogP contribution in [0.4, 0.5) is 0 Å². The first-order valence-corrected chi connectivity index (χ1v) is 41.8. The van der Waals surface area contributed by atoms with Gasteiger partial charge < -0.3 is 14.1 Å². The average Bonchev–Trinajstić information content (AvgIpc) is 1.55. The van der Waals surface area contributed by atoms with Crippen molar-refractivity contribution in [2.45, 2.75) is 0 Å². The van der Waals surface area contributed by atoms with Crippen molar-refractivity contribution in [3.8, 4) is 96.8 Å². The molecule has 0 spiro atoms. The number of hydrogen-bond acceptors (Lipinski definition) is 8. The second-order valence-electron chi connectivity index (χ2n) is 30.2. The summed E-state index contributed by atoms with van der Waals surface area (Å²) in [6.45, 7) is 0. The van der Waals surface area contributed by atoms with Gasteiger partial charge in [0.05, 0.1) is 38.6 Å². The van der Waals surface area contributed by atoms with Gasteiger partial charge in [-0.3, -0.25) is 23.3 Å². The van der Waals surface area contributed by atoms with Crippen molar-refractivity contribution in [3.05, 3.63) is 437 Å². The molecule has 1 N–H and O–H groups in total. The topological polar surface area (TPSA) is 152 Å². The van der Waals surface area contributed by atoms with E-state index in [1.165, 1.54) is 25.1 Å². The largest absolute Gasteiger partial charge is 0.320 e. The summed E-state index contributed by atoms with van der Waals surface area (Å²) in [5.74, 6) is 2.82. The Kier molecular flexibility index (Phi) is 18.5.